The van der Waals surface area contributed by atoms with Gasteiger partial charge in [-0.1, -0.05) is 31.0 Å². The summed E-state index contributed by atoms with van der Waals surface area (Å²) in [7, 11) is -3.64. The number of carbonyl (C=O) groups is 1. The molecule has 0 aliphatic rings. The number of amides is 1. The second kappa shape index (κ2) is 9.89. The Balaban J connectivity index is 2.64. The van der Waals surface area contributed by atoms with Crippen molar-refractivity contribution in [2.24, 2.45) is 5.73 Å². The van der Waals surface area contributed by atoms with Crippen LogP contribution in [0.4, 0.5) is 0 Å². The zero-order chi connectivity index (χ0) is 18.9. The van der Waals surface area contributed by atoms with Crippen molar-refractivity contribution in [1.82, 2.24) is 10.0 Å². The molecule has 0 heterocycles. The van der Waals surface area contributed by atoms with Gasteiger partial charge in [0.25, 0.3) is 0 Å². The standard InChI is InChI=1S/C18H31N3O3S/c1-18(2,3)21-25(23,24)16-11-8-7-10-15(16)14-20-17(22)12-6-4-5-9-13-19/h7-8,10-11,21H,4-6,9,12-14,19H2,1-3H3,(H,20,22). The van der Waals surface area contributed by atoms with Gasteiger partial charge >= 0.3 is 0 Å². The van der Waals surface area contributed by atoms with Crippen LogP contribution < -0.4 is 15.8 Å². The first-order chi connectivity index (χ1) is 11.7. The van der Waals surface area contributed by atoms with Crippen LogP contribution in [0.5, 0.6) is 0 Å². The summed E-state index contributed by atoms with van der Waals surface area (Å²) >= 11 is 0. The Morgan fingerprint density at radius 2 is 1.72 bits per heavy atom. The first-order valence-corrected chi connectivity index (χ1v) is 10.2. The van der Waals surface area contributed by atoms with Gasteiger partial charge in [-0.3, -0.25) is 4.79 Å². The van der Waals surface area contributed by atoms with Crippen molar-refractivity contribution < 1.29 is 13.2 Å². The van der Waals surface area contributed by atoms with E-state index in [0.29, 0.717) is 18.5 Å². The summed E-state index contributed by atoms with van der Waals surface area (Å²) < 4.78 is 27.7. The molecule has 4 N–H and O–H groups in total. The Labute approximate surface area is 151 Å². The maximum atomic E-state index is 12.6. The molecule has 0 spiro atoms. The fraction of sp³-hybridized carbons (Fsp3) is 0.611. The number of sulfonamides is 1. The van der Waals surface area contributed by atoms with E-state index in [1.165, 1.54) is 0 Å². The van der Waals surface area contributed by atoms with Crippen molar-refractivity contribution >= 4 is 15.9 Å². The summed E-state index contributed by atoms with van der Waals surface area (Å²) in [5, 5.41) is 2.81. The molecule has 1 rings (SSSR count). The molecular weight excluding hydrogens is 338 g/mol. The van der Waals surface area contributed by atoms with Gasteiger partial charge in [0.2, 0.25) is 15.9 Å². The minimum Gasteiger partial charge on any atom is -0.352 e. The van der Waals surface area contributed by atoms with E-state index in [2.05, 4.69) is 10.0 Å². The summed E-state index contributed by atoms with van der Waals surface area (Å²) in [6, 6.07) is 6.73. The van der Waals surface area contributed by atoms with Crippen molar-refractivity contribution in [2.75, 3.05) is 6.54 Å². The first kappa shape index (κ1) is 21.6. The lowest BCUT2D eigenvalue weighted by atomic mass is 10.1. The van der Waals surface area contributed by atoms with Gasteiger partial charge in [0.15, 0.2) is 0 Å². The number of benzene rings is 1. The SMILES string of the molecule is CC(C)(C)NS(=O)(=O)c1ccccc1CNC(=O)CCCCCCN. The third-order valence-corrected chi connectivity index (χ3v) is 5.40. The van der Waals surface area contributed by atoms with Crippen LogP contribution in [0.15, 0.2) is 29.2 Å². The molecule has 6 nitrogen and oxygen atoms in total. The van der Waals surface area contributed by atoms with Crippen molar-refractivity contribution in [3.8, 4) is 0 Å². The largest absolute Gasteiger partial charge is 0.352 e. The van der Waals surface area contributed by atoms with Crippen LogP contribution in [-0.4, -0.2) is 26.4 Å². The van der Waals surface area contributed by atoms with Crippen LogP contribution in [-0.2, 0) is 21.4 Å². The average molecular weight is 370 g/mol. The Kier molecular flexibility index (Phi) is 8.55. The molecule has 0 unspecified atom stereocenters. The van der Waals surface area contributed by atoms with Gasteiger partial charge in [-0.05, 0) is 51.8 Å². The van der Waals surface area contributed by atoms with Crippen molar-refractivity contribution in [2.45, 2.75) is 69.9 Å². The summed E-state index contributed by atoms with van der Waals surface area (Å²) in [5.41, 5.74) is 5.45. The number of hydrogen-bond donors (Lipinski definition) is 3. The topological polar surface area (TPSA) is 101 Å². The molecule has 0 fully saturated rings. The molecule has 1 aromatic rings. The second-order valence-corrected chi connectivity index (χ2v) is 8.84. The maximum absolute atomic E-state index is 12.6. The molecule has 0 radical (unpaired) electrons. The van der Waals surface area contributed by atoms with Crippen LogP contribution in [0, 0.1) is 0 Å². The molecule has 0 aliphatic heterocycles. The number of carbonyl (C=O) groups excluding carboxylic acids is 1. The normalized spacial score (nSPS) is 12.2. The number of rotatable bonds is 10. The van der Waals surface area contributed by atoms with Gasteiger partial charge in [0.1, 0.15) is 0 Å². The van der Waals surface area contributed by atoms with Gasteiger partial charge in [0, 0.05) is 18.5 Å². The van der Waals surface area contributed by atoms with E-state index < -0.39 is 15.6 Å². The number of hydrogen-bond acceptors (Lipinski definition) is 4. The lowest BCUT2D eigenvalue weighted by Gasteiger charge is -2.21. The molecule has 7 heteroatoms. The molecule has 0 aliphatic carbocycles. The highest BCUT2D eigenvalue weighted by molar-refractivity contribution is 7.89. The summed E-state index contributed by atoms with van der Waals surface area (Å²) in [6.45, 7) is 6.25. The van der Waals surface area contributed by atoms with Crippen molar-refractivity contribution in [3.63, 3.8) is 0 Å². The maximum Gasteiger partial charge on any atom is 0.241 e. The monoisotopic (exact) mass is 369 g/mol. The van der Waals surface area contributed by atoms with Crippen molar-refractivity contribution in [1.29, 1.82) is 0 Å². The van der Waals surface area contributed by atoms with Crippen LogP contribution in [0.25, 0.3) is 0 Å². The van der Waals surface area contributed by atoms with E-state index in [1.807, 2.05) is 0 Å². The Hall–Kier alpha value is -1.44. The first-order valence-electron chi connectivity index (χ1n) is 8.74. The minimum absolute atomic E-state index is 0.0660. The zero-order valence-corrected chi connectivity index (χ0v) is 16.3. The summed E-state index contributed by atoms with van der Waals surface area (Å²) in [5.74, 6) is -0.0660. The smallest absolute Gasteiger partial charge is 0.241 e. The predicted molar refractivity (Wildman–Crippen MR) is 101 cm³/mol. The van der Waals surface area contributed by atoms with Crippen molar-refractivity contribution in [3.05, 3.63) is 29.8 Å². The van der Waals surface area contributed by atoms with Gasteiger partial charge < -0.3 is 11.1 Å². The second-order valence-electron chi connectivity index (χ2n) is 7.19. The Bertz CT molecular complexity index is 652. The molecule has 0 saturated heterocycles. The average Bonchev–Trinajstić information content (AvgIpc) is 2.50. The third-order valence-electron chi connectivity index (χ3n) is 3.54. The molecule has 25 heavy (non-hydrogen) atoms. The highest BCUT2D eigenvalue weighted by Crippen LogP contribution is 2.17. The Morgan fingerprint density at radius 3 is 2.36 bits per heavy atom. The van der Waals surface area contributed by atoms with Crippen LogP contribution >= 0.6 is 0 Å². The molecule has 0 saturated carbocycles. The van der Waals surface area contributed by atoms with Gasteiger partial charge in [-0.2, -0.15) is 0 Å². The third kappa shape index (κ3) is 8.47. The van der Waals surface area contributed by atoms with Crippen LogP contribution in [0.2, 0.25) is 0 Å². The van der Waals surface area contributed by atoms with Crippen LogP contribution in [0.3, 0.4) is 0 Å². The molecule has 0 atom stereocenters. The Morgan fingerprint density at radius 1 is 1.08 bits per heavy atom. The summed E-state index contributed by atoms with van der Waals surface area (Å²) in [6.07, 6.45) is 4.25. The molecule has 1 amide bonds. The number of unbranched alkanes of at least 4 members (excludes halogenated alkanes) is 3. The summed E-state index contributed by atoms with van der Waals surface area (Å²) in [4.78, 5) is 12.1. The van der Waals surface area contributed by atoms with Gasteiger partial charge in [-0.25, -0.2) is 13.1 Å². The van der Waals surface area contributed by atoms with Gasteiger partial charge in [-0.15, -0.1) is 0 Å². The predicted octanol–water partition coefficient (Wildman–Crippen LogP) is 2.29. The molecule has 142 valence electrons. The van der Waals surface area contributed by atoms with E-state index in [1.54, 1.807) is 45.0 Å². The van der Waals surface area contributed by atoms with Gasteiger partial charge in [0.05, 0.1) is 4.90 Å². The molecular formula is C18H31N3O3S. The lowest BCUT2D eigenvalue weighted by Crippen LogP contribution is -2.41. The van der Waals surface area contributed by atoms with E-state index in [0.717, 1.165) is 25.7 Å². The quantitative estimate of drug-likeness (QED) is 0.551. The van der Waals surface area contributed by atoms with Crippen LogP contribution in [0.1, 0.15) is 58.4 Å². The molecule has 0 aromatic heterocycles. The highest BCUT2D eigenvalue weighted by atomic mass is 32.2. The fourth-order valence-corrected chi connectivity index (χ4v) is 4.09. The van der Waals surface area contributed by atoms with E-state index in [9.17, 15) is 13.2 Å². The van der Waals surface area contributed by atoms with E-state index in [4.69, 9.17) is 5.73 Å². The minimum atomic E-state index is -3.64. The molecule has 1 aromatic carbocycles. The number of nitrogens with two attached hydrogens (primary N) is 1. The van der Waals surface area contributed by atoms with E-state index in [-0.39, 0.29) is 17.3 Å². The fourth-order valence-electron chi connectivity index (χ4n) is 2.44. The lowest BCUT2D eigenvalue weighted by molar-refractivity contribution is -0.121. The number of nitrogens with one attached hydrogen (secondary N) is 2. The van der Waals surface area contributed by atoms with E-state index >= 15 is 0 Å². The zero-order valence-electron chi connectivity index (χ0n) is 15.5. The highest BCUT2D eigenvalue weighted by Gasteiger charge is 2.24. The molecule has 0 bridgehead atoms.